The maximum absolute atomic E-state index is 14.0. The summed E-state index contributed by atoms with van der Waals surface area (Å²) in [5.41, 5.74) is 9.57. The zero-order chi connectivity index (χ0) is 14.9. The van der Waals surface area contributed by atoms with E-state index in [-0.39, 0.29) is 11.9 Å². The Bertz CT molecular complexity index is 618. The van der Waals surface area contributed by atoms with Crippen LogP contribution in [0.2, 0.25) is 0 Å². The summed E-state index contributed by atoms with van der Waals surface area (Å²) in [7, 11) is 0. The topological polar surface area (TPSA) is 51.8 Å². The van der Waals surface area contributed by atoms with Crippen molar-refractivity contribution < 1.29 is 4.39 Å². The van der Waals surface area contributed by atoms with Crippen LogP contribution in [0.25, 0.3) is 0 Å². The van der Waals surface area contributed by atoms with Crippen molar-refractivity contribution in [3.05, 3.63) is 46.5 Å². The molecular weight excluding hydrogens is 273 g/mol. The third kappa shape index (κ3) is 2.99. The van der Waals surface area contributed by atoms with Gasteiger partial charge >= 0.3 is 0 Å². The molecule has 20 heavy (non-hydrogen) atoms. The second kappa shape index (κ2) is 5.89. The lowest BCUT2D eigenvalue weighted by Gasteiger charge is -2.13. The molecule has 0 aliphatic rings. The van der Waals surface area contributed by atoms with Crippen molar-refractivity contribution in [2.75, 3.05) is 0 Å². The minimum absolute atomic E-state index is 0.235. The lowest BCUT2D eigenvalue weighted by atomic mass is 10.1. The Hall–Kier alpha value is -1.46. The summed E-state index contributed by atoms with van der Waals surface area (Å²) < 4.78 is 14.0. The average molecular weight is 291 g/mol. The molecule has 2 rings (SSSR count). The summed E-state index contributed by atoms with van der Waals surface area (Å²) in [5.74, 6) is -0.288. The summed E-state index contributed by atoms with van der Waals surface area (Å²) in [6.45, 7) is 7.69. The highest BCUT2D eigenvalue weighted by molar-refractivity contribution is 7.99. The van der Waals surface area contributed by atoms with Gasteiger partial charge in [0.05, 0.1) is 4.90 Å². The zero-order valence-corrected chi connectivity index (χ0v) is 12.9. The molecule has 106 valence electrons. The Morgan fingerprint density at radius 2 is 1.75 bits per heavy atom. The smallest absolute Gasteiger partial charge is 0.193 e. The maximum atomic E-state index is 14.0. The van der Waals surface area contributed by atoms with E-state index in [0.29, 0.717) is 10.1 Å². The molecule has 1 aromatic carbocycles. The van der Waals surface area contributed by atoms with E-state index in [1.807, 2.05) is 33.8 Å². The largest absolute Gasteiger partial charge is 0.324 e. The number of aryl methyl sites for hydroxylation is 2. The average Bonchev–Trinajstić information content (AvgIpc) is 2.38. The normalized spacial score (nSPS) is 12.5. The van der Waals surface area contributed by atoms with Crippen LogP contribution in [0.15, 0.2) is 28.3 Å². The van der Waals surface area contributed by atoms with Crippen LogP contribution in [0.3, 0.4) is 0 Å². The lowest BCUT2D eigenvalue weighted by molar-refractivity contribution is 0.591. The monoisotopic (exact) mass is 291 g/mol. The summed E-state index contributed by atoms with van der Waals surface area (Å²) in [6, 6.07) is 4.71. The Balaban J connectivity index is 2.45. The van der Waals surface area contributed by atoms with Crippen LogP contribution in [0, 0.1) is 26.6 Å². The van der Waals surface area contributed by atoms with Gasteiger partial charge in [-0.15, -0.1) is 0 Å². The molecule has 0 saturated heterocycles. The summed E-state index contributed by atoms with van der Waals surface area (Å²) >= 11 is 1.23. The molecule has 0 saturated carbocycles. The van der Waals surface area contributed by atoms with Crippen molar-refractivity contribution >= 4 is 11.8 Å². The zero-order valence-electron chi connectivity index (χ0n) is 12.1. The molecule has 0 fully saturated rings. The van der Waals surface area contributed by atoms with Crippen LogP contribution in [-0.4, -0.2) is 9.97 Å². The Morgan fingerprint density at radius 1 is 1.15 bits per heavy atom. The quantitative estimate of drug-likeness (QED) is 0.876. The molecule has 0 aliphatic carbocycles. The van der Waals surface area contributed by atoms with Crippen molar-refractivity contribution in [3.8, 4) is 0 Å². The second-order valence-electron chi connectivity index (χ2n) is 4.85. The number of benzene rings is 1. The first-order chi connectivity index (χ1) is 9.40. The SMILES string of the molecule is Cc1nc(Sc2c(F)cccc2[C@H](C)N)nc(C)c1C. The van der Waals surface area contributed by atoms with Gasteiger partial charge in [0.25, 0.3) is 0 Å². The maximum Gasteiger partial charge on any atom is 0.193 e. The third-order valence-electron chi connectivity index (χ3n) is 3.29. The Labute approximate surface area is 122 Å². The Morgan fingerprint density at radius 3 is 2.30 bits per heavy atom. The fourth-order valence-electron chi connectivity index (χ4n) is 1.87. The summed E-state index contributed by atoms with van der Waals surface area (Å²) in [4.78, 5) is 9.33. The van der Waals surface area contributed by atoms with Crippen molar-refractivity contribution in [3.63, 3.8) is 0 Å². The van der Waals surface area contributed by atoms with Crippen LogP contribution in [0.5, 0.6) is 0 Å². The van der Waals surface area contributed by atoms with Crippen LogP contribution in [0.4, 0.5) is 4.39 Å². The van der Waals surface area contributed by atoms with E-state index in [9.17, 15) is 4.39 Å². The number of rotatable bonds is 3. The third-order valence-corrected chi connectivity index (χ3v) is 4.29. The van der Waals surface area contributed by atoms with Crippen molar-refractivity contribution in [2.45, 2.75) is 43.8 Å². The number of hydrogen-bond acceptors (Lipinski definition) is 4. The van der Waals surface area contributed by atoms with Gasteiger partial charge in [-0.1, -0.05) is 12.1 Å². The first kappa shape index (κ1) is 14.9. The second-order valence-corrected chi connectivity index (χ2v) is 5.83. The molecule has 5 heteroatoms. The molecule has 0 spiro atoms. The van der Waals surface area contributed by atoms with E-state index in [1.54, 1.807) is 6.07 Å². The van der Waals surface area contributed by atoms with E-state index >= 15 is 0 Å². The van der Waals surface area contributed by atoms with Gasteiger partial charge in [-0.3, -0.25) is 0 Å². The molecule has 1 heterocycles. The van der Waals surface area contributed by atoms with Gasteiger partial charge in [0.2, 0.25) is 0 Å². The van der Waals surface area contributed by atoms with Gasteiger partial charge in [-0.25, -0.2) is 14.4 Å². The fourth-order valence-corrected chi connectivity index (χ4v) is 2.96. The van der Waals surface area contributed by atoms with Crippen LogP contribution in [0.1, 0.15) is 35.5 Å². The van der Waals surface area contributed by atoms with Gasteiger partial charge in [0.15, 0.2) is 5.16 Å². The molecule has 2 N–H and O–H groups in total. The van der Waals surface area contributed by atoms with E-state index in [4.69, 9.17) is 5.73 Å². The molecule has 0 amide bonds. The first-order valence-corrected chi connectivity index (χ1v) is 7.25. The van der Waals surface area contributed by atoms with E-state index < -0.39 is 0 Å². The summed E-state index contributed by atoms with van der Waals surface area (Å²) in [5, 5.41) is 0.553. The predicted octanol–water partition coefficient (Wildman–Crippen LogP) is 3.71. The molecule has 0 radical (unpaired) electrons. The van der Waals surface area contributed by atoms with Gasteiger partial charge < -0.3 is 5.73 Å². The molecule has 3 nitrogen and oxygen atoms in total. The van der Waals surface area contributed by atoms with E-state index in [1.165, 1.54) is 17.8 Å². The van der Waals surface area contributed by atoms with E-state index in [2.05, 4.69) is 9.97 Å². The van der Waals surface area contributed by atoms with Gasteiger partial charge in [-0.05, 0) is 56.7 Å². The first-order valence-electron chi connectivity index (χ1n) is 6.44. The fraction of sp³-hybridized carbons (Fsp3) is 0.333. The number of nitrogens with two attached hydrogens (primary N) is 1. The molecule has 1 aromatic heterocycles. The molecule has 1 atom stereocenters. The number of hydrogen-bond donors (Lipinski definition) is 1. The van der Waals surface area contributed by atoms with Crippen molar-refractivity contribution in [1.29, 1.82) is 0 Å². The van der Waals surface area contributed by atoms with Gasteiger partial charge in [0.1, 0.15) is 5.82 Å². The standard InChI is InChI=1S/C15H18FN3S/c1-8-10(3)18-15(19-11(8)4)20-14-12(9(2)17)6-5-7-13(14)16/h5-7,9H,17H2,1-4H3/t9-/m0/s1. The lowest BCUT2D eigenvalue weighted by Crippen LogP contribution is -2.08. The number of aromatic nitrogens is 2. The van der Waals surface area contributed by atoms with Gasteiger partial charge in [-0.2, -0.15) is 0 Å². The molecule has 2 aromatic rings. The minimum Gasteiger partial charge on any atom is -0.324 e. The molecule has 0 bridgehead atoms. The Kier molecular flexibility index (Phi) is 4.40. The van der Waals surface area contributed by atoms with Gasteiger partial charge in [0, 0.05) is 17.4 Å². The molecular formula is C15H18FN3S. The molecule has 0 aliphatic heterocycles. The number of halogens is 1. The molecule has 0 unspecified atom stereocenters. The summed E-state index contributed by atoms with van der Waals surface area (Å²) in [6.07, 6.45) is 0. The predicted molar refractivity (Wildman–Crippen MR) is 79.4 cm³/mol. The van der Waals surface area contributed by atoms with Crippen LogP contribution in [-0.2, 0) is 0 Å². The minimum atomic E-state index is -0.288. The van der Waals surface area contributed by atoms with E-state index in [0.717, 1.165) is 22.5 Å². The highest BCUT2D eigenvalue weighted by Gasteiger charge is 2.15. The van der Waals surface area contributed by atoms with Crippen LogP contribution < -0.4 is 5.73 Å². The van der Waals surface area contributed by atoms with Crippen LogP contribution >= 0.6 is 11.8 Å². The van der Waals surface area contributed by atoms with Crippen molar-refractivity contribution in [1.82, 2.24) is 9.97 Å². The van der Waals surface area contributed by atoms with Crippen molar-refractivity contribution in [2.24, 2.45) is 5.73 Å². The highest BCUT2D eigenvalue weighted by atomic mass is 32.2. The number of nitrogens with zero attached hydrogens (tertiary/aromatic N) is 2. The highest BCUT2D eigenvalue weighted by Crippen LogP contribution is 2.33.